The summed E-state index contributed by atoms with van der Waals surface area (Å²) in [5, 5.41) is 15.0. The molecule has 1 rings (SSSR count). The Morgan fingerprint density at radius 3 is 1.96 bits per heavy atom. The van der Waals surface area contributed by atoms with Gasteiger partial charge in [0.25, 0.3) is 0 Å². The van der Waals surface area contributed by atoms with E-state index in [1.807, 2.05) is 41.5 Å². The van der Waals surface area contributed by atoms with Gasteiger partial charge in [0.2, 0.25) is 0 Å². The van der Waals surface area contributed by atoms with Gasteiger partial charge in [-0.2, -0.15) is 0 Å². The zero-order chi connectivity index (χ0) is 19.3. The maximum atomic E-state index is 12.1. The molecule has 1 saturated carbocycles. The average Bonchev–Trinajstić information content (AvgIpc) is 2.37. The summed E-state index contributed by atoms with van der Waals surface area (Å²) in [5.41, 5.74) is -1.12. The van der Waals surface area contributed by atoms with Crippen LogP contribution in [0.2, 0.25) is 0 Å². The number of hydrogen-bond donors (Lipinski definition) is 3. The number of aliphatic hydroxyl groups is 1. The first kappa shape index (κ1) is 21.5. The molecule has 146 valence electrons. The van der Waals surface area contributed by atoms with Gasteiger partial charge in [0.05, 0.1) is 0 Å². The van der Waals surface area contributed by atoms with Gasteiger partial charge in [-0.25, -0.2) is 9.59 Å². The molecular weight excluding hydrogens is 324 g/mol. The highest BCUT2D eigenvalue weighted by atomic mass is 16.6. The molecule has 3 atom stereocenters. The Hall–Kier alpha value is -1.50. The van der Waals surface area contributed by atoms with Crippen LogP contribution in [0.3, 0.4) is 0 Å². The Kier molecular flexibility index (Phi) is 7.53. The van der Waals surface area contributed by atoms with E-state index < -0.39 is 23.4 Å². The highest BCUT2D eigenvalue weighted by molar-refractivity contribution is 5.69. The quantitative estimate of drug-likeness (QED) is 0.718. The zero-order valence-corrected chi connectivity index (χ0v) is 16.3. The van der Waals surface area contributed by atoms with E-state index >= 15 is 0 Å². The third-order valence-electron chi connectivity index (χ3n) is 3.92. The number of rotatable bonds is 4. The number of aliphatic hydroxyl groups excluding tert-OH is 1. The summed E-state index contributed by atoms with van der Waals surface area (Å²) in [5.74, 6) is 0.161. The number of hydrogen-bond acceptors (Lipinski definition) is 5. The monoisotopic (exact) mass is 358 g/mol. The lowest BCUT2D eigenvalue weighted by atomic mass is 9.80. The van der Waals surface area contributed by atoms with Crippen molar-refractivity contribution in [2.24, 2.45) is 5.92 Å². The maximum Gasteiger partial charge on any atom is 0.407 e. The summed E-state index contributed by atoms with van der Waals surface area (Å²) in [4.78, 5) is 24.1. The Labute approximate surface area is 150 Å². The van der Waals surface area contributed by atoms with E-state index in [0.29, 0.717) is 12.8 Å². The smallest absolute Gasteiger partial charge is 0.407 e. The predicted molar refractivity (Wildman–Crippen MR) is 95.4 cm³/mol. The zero-order valence-electron chi connectivity index (χ0n) is 16.3. The number of carbonyl (C=O) groups is 2. The molecule has 0 aromatic carbocycles. The first-order valence-electron chi connectivity index (χ1n) is 8.99. The summed E-state index contributed by atoms with van der Waals surface area (Å²) in [6, 6.07) is -0.236. The first-order chi connectivity index (χ1) is 11.4. The average molecular weight is 358 g/mol. The Balaban J connectivity index is 2.64. The highest BCUT2D eigenvalue weighted by Gasteiger charge is 2.33. The van der Waals surface area contributed by atoms with E-state index in [1.54, 1.807) is 0 Å². The van der Waals surface area contributed by atoms with Crippen molar-refractivity contribution in [1.29, 1.82) is 0 Å². The molecule has 25 heavy (non-hydrogen) atoms. The summed E-state index contributed by atoms with van der Waals surface area (Å²) in [6.07, 6.45) is 1.87. The summed E-state index contributed by atoms with van der Waals surface area (Å²) >= 11 is 0. The van der Waals surface area contributed by atoms with Crippen molar-refractivity contribution < 1.29 is 24.2 Å². The van der Waals surface area contributed by atoms with E-state index in [4.69, 9.17) is 9.47 Å². The Bertz CT molecular complexity index is 453. The van der Waals surface area contributed by atoms with Crippen LogP contribution in [-0.4, -0.2) is 47.2 Å². The number of alkyl carbamates (subject to hydrolysis) is 2. The van der Waals surface area contributed by atoms with Gasteiger partial charge >= 0.3 is 12.2 Å². The second-order valence-corrected chi connectivity index (χ2v) is 8.68. The van der Waals surface area contributed by atoms with Crippen molar-refractivity contribution in [3.05, 3.63) is 0 Å². The first-order valence-corrected chi connectivity index (χ1v) is 8.99. The topological polar surface area (TPSA) is 96.9 Å². The van der Waals surface area contributed by atoms with Crippen molar-refractivity contribution in [2.45, 2.75) is 90.5 Å². The van der Waals surface area contributed by atoms with Crippen LogP contribution in [0.15, 0.2) is 0 Å². The fourth-order valence-corrected chi connectivity index (χ4v) is 2.99. The van der Waals surface area contributed by atoms with Crippen molar-refractivity contribution >= 4 is 12.2 Å². The Morgan fingerprint density at radius 1 is 0.960 bits per heavy atom. The van der Waals surface area contributed by atoms with Gasteiger partial charge in [-0.05, 0) is 73.1 Å². The van der Waals surface area contributed by atoms with E-state index in [0.717, 1.165) is 12.8 Å². The summed E-state index contributed by atoms with van der Waals surface area (Å²) < 4.78 is 10.6. The molecule has 1 fully saturated rings. The van der Waals surface area contributed by atoms with E-state index in [9.17, 15) is 14.7 Å². The molecule has 0 bridgehead atoms. The van der Waals surface area contributed by atoms with Gasteiger partial charge in [-0.1, -0.05) is 0 Å². The standard InChI is InChI=1S/C18H34N2O5/c1-17(2,3)24-15(22)19-13-8-7-12(9-10-21)14(11-13)20-16(23)25-18(4,5)6/h12-14,21H,7-11H2,1-6H3,(H,19,22)(H,20,23). The van der Waals surface area contributed by atoms with Crippen molar-refractivity contribution in [2.75, 3.05) is 6.61 Å². The Morgan fingerprint density at radius 2 is 1.48 bits per heavy atom. The summed E-state index contributed by atoms with van der Waals surface area (Å²) in [7, 11) is 0. The lowest BCUT2D eigenvalue weighted by Crippen LogP contribution is -2.51. The molecule has 7 heteroatoms. The van der Waals surface area contributed by atoms with Crippen LogP contribution in [0, 0.1) is 5.92 Å². The number of carbonyl (C=O) groups excluding carboxylic acids is 2. The van der Waals surface area contributed by atoms with E-state index in [2.05, 4.69) is 10.6 Å². The van der Waals surface area contributed by atoms with Crippen LogP contribution < -0.4 is 10.6 Å². The number of ether oxygens (including phenoxy) is 2. The minimum Gasteiger partial charge on any atom is -0.444 e. The van der Waals surface area contributed by atoms with Crippen LogP contribution in [0.5, 0.6) is 0 Å². The molecule has 3 N–H and O–H groups in total. The highest BCUT2D eigenvalue weighted by Crippen LogP contribution is 2.28. The molecule has 3 unspecified atom stereocenters. The van der Waals surface area contributed by atoms with Gasteiger partial charge in [0.15, 0.2) is 0 Å². The van der Waals surface area contributed by atoms with Crippen LogP contribution >= 0.6 is 0 Å². The van der Waals surface area contributed by atoms with Crippen molar-refractivity contribution in [3.8, 4) is 0 Å². The second-order valence-electron chi connectivity index (χ2n) is 8.68. The second kappa shape index (κ2) is 8.74. The summed E-state index contributed by atoms with van der Waals surface area (Å²) in [6.45, 7) is 11.0. The van der Waals surface area contributed by atoms with Crippen LogP contribution in [0.1, 0.15) is 67.2 Å². The van der Waals surface area contributed by atoms with Crippen molar-refractivity contribution in [3.63, 3.8) is 0 Å². The van der Waals surface area contributed by atoms with Gasteiger partial charge in [-0.15, -0.1) is 0 Å². The van der Waals surface area contributed by atoms with E-state index in [-0.39, 0.29) is 24.6 Å². The molecule has 7 nitrogen and oxygen atoms in total. The van der Waals surface area contributed by atoms with Crippen molar-refractivity contribution in [1.82, 2.24) is 10.6 Å². The van der Waals surface area contributed by atoms with E-state index in [1.165, 1.54) is 0 Å². The fraction of sp³-hybridized carbons (Fsp3) is 0.889. The lowest BCUT2D eigenvalue weighted by molar-refractivity contribution is 0.0418. The van der Waals surface area contributed by atoms with Gasteiger partial charge in [-0.3, -0.25) is 0 Å². The molecule has 1 aliphatic carbocycles. The molecule has 2 amide bonds. The van der Waals surface area contributed by atoms with Gasteiger partial charge < -0.3 is 25.2 Å². The molecule has 0 aromatic rings. The largest absolute Gasteiger partial charge is 0.444 e. The lowest BCUT2D eigenvalue weighted by Gasteiger charge is -2.37. The minimum absolute atomic E-state index is 0.0708. The SMILES string of the molecule is CC(C)(C)OC(=O)NC1CCC(CCO)C(NC(=O)OC(C)(C)C)C1. The number of amides is 2. The fourth-order valence-electron chi connectivity index (χ4n) is 2.99. The molecule has 0 radical (unpaired) electrons. The van der Waals surface area contributed by atoms with Crippen LogP contribution in [0.4, 0.5) is 9.59 Å². The third-order valence-corrected chi connectivity index (χ3v) is 3.92. The molecule has 1 aliphatic rings. The molecular formula is C18H34N2O5. The third kappa shape index (κ3) is 8.95. The maximum absolute atomic E-state index is 12.1. The van der Waals surface area contributed by atoms with Gasteiger partial charge in [0, 0.05) is 18.7 Å². The molecule has 0 aliphatic heterocycles. The normalized spacial score (nSPS) is 24.4. The number of nitrogens with one attached hydrogen (secondary N) is 2. The molecule has 0 spiro atoms. The van der Waals surface area contributed by atoms with Gasteiger partial charge in [0.1, 0.15) is 11.2 Å². The molecule has 0 saturated heterocycles. The van der Waals surface area contributed by atoms with Crippen LogP contribution in [-0.2, 0) is 9.47 Å². The molecule has 0 heterocycles. The van der Waals surface area contributed by atoms with Crippen LogP contribution in [0.25, 0.3) is 0 Å². The predicted octanol–water partition coefficient (Wildman–Crippen LogP) is 2.96. The molecule has 0 aromatic heterocycles. The minimum atomic E-state index is -0.570.